The van der Waals surface area contributed by atoms with Gasteiger partial charge in [-0.05, 0) is 49.8 Å². The molecule has 5 rings (SSSR count). The summed E-state index contributed by atoms with van der Waals surface area (Å²) < 4.78 is 7.46. The summed E-state index contributed by atoms with van der Waals surface area (Å²) in [6.07, 6.45) is 5.53. The van der Waals surface area contributed by atoms with Crippen molar-refractivity contribution in [2.24, 2.45) is 11.8 Å². The second-order valence-corrected chi connectivity index (χ2v) is 8.20. The number of rotatable bonds is 4. The molecule has 1 N–H and O–H groups in total. The first kappa shape index (κ1) is 18.9. The van der Waals surface area contributed by atoms with Crippen LogP contribution in [0.15, 0.2) is 36.7 Å². The van der Waals surface area contributed by atoms with E-state index in [1.54, 1.807) is 17.7 Å². The molecule has 30 heavy (non-hydrogen) atoms. The standard InChI is InChI=1S/C21H25N7O2/c1-13-6-8-28-19(25-26-21(28)23-13)20(29)27-11-14-9-16(17(30-2)10-15(14)12-27)24-18-5-3-4-7-22-18/h3-8,14-17H,9-12H2,1-2H3,(H,22,24)/t14-,15+,16-,17-/m1/s1. The Bertz CT molecular complexity index is 1050. The number of anilines is 1. The van der Waals surface area contributed by atoms with Crippen LogP contribution in [0.5, 0.6) is 0 Å². The fraction of sp³-hybridized carbons (Fsp3) is 0.476. The number of methoxy groups -OCH3 is 1. The molecule has 2 fully saturated rings. The molecule has 1 saturated heterocycles. The van der Waals surface area contributed by atoms with Gasteiger partial charge in [0.15, 0.2) is 0 Å². The third-order valence-corrected chi connectivity index (χ3v) is 6.32. The van der Waals surface area contributed by atoms with Crippen LogP contribution in [0.1, 0.15) is 29.2 Å². The molecule has 0 spiro atoms. The third kappa shape index (κ3) is 3.39. The van der Waals surface area contributed by atoms with Crippen molar-refractivity contribution in [2.75, 3.05) is 25.5 Å². The van der Waals surface area contributed by atoms with E-state index in [-0.39, 0.29) is 18.1 Å². The minimum absolute atomic E-state index is 0.0874. The summed E-state index contributed by atoms with van der Waals surface area (Å²) in [4.78, 5) is 23.8. The van der Waals surface area contributed by atoms with Crippen molar-refractivity contribution in [1.82, 2.24) is 29.5 Å². The number of aromatic nitrogens is 5. The van der Waals surface area contributed by atoms with Gasteiger partial charge in [-0.25, -0.2) is 9.97 Å². The van der Waals surface area contributed by atoms with Crippen LogP contribution in [0.4, 0.5) is 5.82 Å². The van der Waals surface area contributed by atoms with E-state index in [0.29, 0.717) is 36.5 Å². The average Bonchev–Trinajstić information content (AvgIpc) is 3.36. The normalized spacial score (nSPS) is 26.0. The van der Waals surface area contributed by atoms with E-state index in [1.807, 2.05) is 42.3 Å². The molecule has 9 heteroatoms. The van der Waals surface area contributed by atoms with Crippen molar-refractivity contribution >= 4 is 17.5 Å². The maximum absolute atomic E-state index is 13.2. The lowest BCUT2D eigenvalue weighted by molar-refractivity contribution is 0.0304. The number of ether oxygens (including phenoxy) is 1. The van der Waals surface area contributed by atoms with E-state index >= 15 is 0 Å². The minimum atomic E-state index is -0.0919. The van der Waals surface area contributed by atoms with E-state index in [4.69, 9.17) is 4.74 Å². The predicted molar refractivity (Wildman–Crippen MR) is 110 cm³/mol. The Hall–Kier alpha value is -3.07. The fourth-order valence-electron chi connectivity index (χ4n) is 4.79. The van der Waals surface area contributed by atoms with Crippen LogP contribution < -0.4 is 5.32 Å². The van der Waals surface area contributed by atoms with Gasteiger partial charge < -0.3 is 15.0 Å². The van der Waals surface area contributed by atoms with E-state index in [2.05, 4.69) is 25.5 Å². The van der Waals surface area contributed by atoms with Crippen LogP contribution in [0, 0.1) is 18.8 Å². The summed E-state index contributed by atoms with van der Waals surface area (Å²) in [6.45, 7) is 3.32. The Kier molecular flexibility index (Phi) is 4.82. The van der Waals surface area contributed by atoms with Gasteiger partial charge in [0.05, 0.1) is 12.1 Å². The smallest absolute Gasteiger partial charge is 0.292 e. The molecule has 4 atom stereocenters. The molecule has 0 bridgehead atoms. The van der Waals surface area contributed by atoms with Crippen molar-refractivity contribution in [3.63, 3.8) is 0 Å². The number of fused-ring (bicyclic) bond motifs is 2. The summed E-state index contributed by atoms with van der Waals surface area (Å²) in [5.74, 6) is 2.37. The predicted octanol–water partition coefficient (Wildman–Crippen LogP) is 1.81. The molecular formula is C21H25N7O2. The number of carbonyl (C=O) groups excluding carboxylic acids is 1. The molecule has 0 aromatic carbocycles. The highest BCUT2D eigenvalue weighted by Crippen LogP contribution is 2.38. The average molecular weight is 407 g/mol. The Morgan fingerprint density at radius 3 is 2.77 bits per heavy atom. The number of hydrogen-bond acceptors (Lipinski definition) is 7. The molecule has 1 aliphatic heterocycles. The third-order valence-electron chi connectivity index (χ3n) is 6.32. The first-order chi connectivity index (χ1) is 14.6. The Balaban J connectivity index is 1.32. The molecule has 1 aliphatic carbocycles. The quantitative estimate of drug-likeness (QED) is 0.704. The van der Waals surface area contributed by atoms with Gasteiger partial charge in [0, 0.05) is 38.3 Å². The summed E-state index contributed by atoms with van der Waals surface area (Å²) in [7, 11) is 1.76. The molecule has 1 amide bonds. The molecular weight excluding hydrogens is 382 g/mol. The summed E-state index contributed by atoms with van der Waals surface area (Å²) in [5.41, 5.74) is 0.846. The van der Waals surface area contributed by atoms with Crippen LogP contribution in [0.2, 0.25) is 0 Å². The lowest BCUT2D eigenvalue weighted by Gasteiger charge is -2.37. The number of likely N-dealkylation sites (tertiary alicyclic amines) is 1. The van der Waals surface area contributed by atoms with Crippen LogP contribution in [0.3, 0.4) is 0 Å². The first-order valence-corrected chi connectivity index (χ1v) is 10.3. The molecule has 3 aromatic heterocycles. The highest BCUT2D eigenvalue weighted by molar-refractivity contribution is 5.91. The highest BCUT2D eigenvalue weighted by Gasteiger charge is 2.44. The van der Waals surface area contributed by atoms with Gasteiger partial charge in [0.1, 0.15) is 5.82 Å². The first-order valence-electron chi connectivity index (χ1n) is 10.3. The van der Waals surface area contributed by atoms with Crippen LogP contribution >= 0.6 is 0 Å². The van der Waals surface area contributed by atoms with Gasteiger partial charge in [-0.3, -0.25) is 9.20 Å². The van der Waals surface area contributed by atoms with E-state index in [0.717, 1.165) is 24.4 Å². The zero-order valence-corrected chi connectivity index (χ0v) is 17.1. The number of nitrogens with zero attached hydrogens (tertiary/aromatic N) is 6. The lowest BCUT2D eigenvalue weighted by atomic mass is 9.77. The van der Waals surface area contributed by atoms with Crippen molar-refractivity contribution in [2.45, 2.75) is 31.9 Å². The molecule has 156 valence electrons. The van der Waals surface area contributed by atoms with Gasteiger partial charge in [0.25, 0.3) is 11.7 Å². The largest absolute Gasteiger partial charge is 0.379 e. The number of carbonyl (C=O) groups is 1. The second-order valence-electron chi connectivity index (χ2n) is 8.20. The molecule has 1 saturated carbocycles. The number of aryl methyl sites for hydroxylation is 1. The van der Waals surface area contributed by atoms with Gasteiger partial charge in [-0.1, -0.05) is 6.07 Å². The van der Waals surface area contributed by atoms with Crippen molar-refractivity contribution in [1.29, 1.82) is 0 Å². The van der Waals surface area contributed by atoms with Crippen LogP contribution in [-0.4, -0.2) is 67.7 Å². The molecule has 9 nitrogen and oxygen atoms in total. The lowest BCUT2D eigenvalue weighted by Crippen LogP contribution is -2.44. The number of hydrogen-bond donors (Lipinski definition) is 1. The van der Waals surface area contributed by atoms with Gasteiger partial charge >= 0.3 is 0 Å². The van der Waals surface area contributed by atoms with Crippen molar-refractivity contribution < 1.29 is 9.53 Å². The molecule has 4 heterocycles. The van der Waals surface area contributed by atoms with E-state index < -0.39 is 0 Å². The molecule has 3 aromatic rings. The van der Waals surface area contributed by atoms with Crippen molar-refractivity contribution in [3.05, 3.63) is 48.2 Å². The topological polar surface area (TPSA) is 97.5 Å². The zero-order chi connectivity index (χ0) is 20.7. The van der Waals surface area contributed by atoms with Crippen LogP contribution in [0.25, 0.3) is 5.78 Å². The summed E-state index contributed by atoms with van der Waals surface area (Å²) >= 11 is 0. The monoisotopic (exact) mass is 407 g/mol. The number of amides is 1. The van der Waals surface area contributed by atoms with E-state index in [1.165, 1.54) is 0 Å². The molecule has 0 radical (unpaired) electrons. The maximum Gasteiger partial charge on any atom is 0.292 e. The minimum Gasteiger partial charge on any atom is -0.379 e. The van der Waals surface area contributed by atoms with Crippen LogP contribution in [-0.2, 0) is 4.74 Å². The van der Waals surface area contributed by atoms with Gasteiger partial charge in [-0.2, -0.15) is 0 Å². The zero-order valence-electron chi connectivity index (χ0n) is 17.1. The fourth-order valence-corrected chi connectivity index (χ4v) is 4.79. The summed E-state index contributed by atoms with van der Waals surface area (Å²) in [6, 6.07) is 7.87. The molecule has 0 unspecified atom stereocenters. The SMILES string of the molecule is CO[C@@H]1C[C@H]2CN(C(=O)c3nnc4nc(C)ccn34)C[C@H]2C[C@H]1Nc1ccccn1. The van der Waals surface area contributed by atoms with E-state index in [9.17, 15) is 4.79 Å². The maximum atomic E-state index is 13.2. The van der Waals surface area contributed by atoms with Gasteiger partial charge in [0.2, 0.25) is 5.82 Å². The Morgan fingerprint density at radius 1 is 1.17 bits per heavy atom. The summed E-state index contributed by atoms with van der Waals surface area (Å²) in [5, 5.41) is 11.7. The second kappa shape index (κ2) is 7.64. The van der Waals surface area contributed by atoms with Gasteiger partial charge in [-0.15, -0.1) is 10.2 Å². The molecule has 2 aliphatic rings. The Morgan fingerprint density at radius 2 is 2.00 bits per heavy atom. The number of nitrogens with one attached hydrogen (secondary N) is 1. The highest BCUT2D eigenvalue weighted by atomic mass is 16.5. The Labute approximate surface area is 174 Å². The van der Waals surface area contributed by atoms with Crippen molar-refractivity contribution in [3.8, 4) is 0 Å². The number of pyridine rings is 1.